The molecule has 1 unspecified atom stereocenters. The zero-order chi connectivity index (χ0) is 28.9. The van der Waals surface area contributed by atoms with E-state index in [4.69, 9.17) is 4.74 Å². The van der Waals surface area contributed by atoms with Crippen molar-refractivity contribution >= 4 is 17.3 Å². The number of nitrogens with one attached hydrogen (secondary N) is 2. The summed E-state index contributed by atoms with van der Waals surface area (Å²) in [6, 6.07) is 26.0. The van der Waals surface area contributed by atoms with E-state index in [-0.39, 0.29) is 18.6 Å². The van der Waals surface area contributed by atoms with E-state index < -0.39 is 11.3 Å². The topological polar surface area (TPSA) is 97.0 Å². The second-order valence-corrected chi connectivity index (χ2v) is 11.3. The third kappa shape index (κ3) is 10.3. The molecule has 0 aliphatic carbocycles. The molecule has 1 aliphatic rings. The van der Waals surface area contributed by atoms with Crippen LogP contribution in [0.4, 0.5) is 4.79 Å². The number of rotatable bonds is 14. The zero-order valence-corrected chi connectivity index (χ0v) is 24.6. The predicted octanol–water partition coefficient (Wildman–Crippen LogP) is 5.73. The average molecular weight is 578 g/mol. The quantitative estimate of drug-likeness (QED) is 0.188. The van der Waals surface area contributed by atoms with Crippen LogP contribution in [-0.4, -0.2) is 50.3 Å². The van der Waals surface area contributed by atoms with E-state index in [1.807, 2.05) is 59.5 Å². The molecule has 1 saturated heterocycles. The Labute approximate surface area is 246 Å². The number of urea groups is 1. The number of nitrogens with zero attached hydrogens (tertiary/aromatic N) is 2. The van der Waals surface area contributed by atoms with E-state index in [1.165, 1.54) is 5.56 Å². The molecule has 0 saturated carbocycles. The van der Waals surface area contributed by atoms with Crippen LogP contribution in [-0.2, 0) is 30.9 Å². The molecular weight excluding hydrogens is 536 g/mol. The molecule has 0 spiro atoms. The highest BCUT2D eigenvalue weighted by Gasteiger charge is 2.28. The van der Waals surface area contributed by atoms with Gasteiger partial charge >= 0.3 is 6.03 Å². The Hall–Kier alpha value is -3.24. The fraction of sp³-hybridized carbons (Fsp3) is 0.406. The highest BCUT2D eigenvalue weighted by atomic mass is 32.2. The lowest BCUT2D eigenvalue weighted by Crippen LogP contribution is -2.50. The molecular formula is C32H41N4O4S-. The summed E-state index contributed by atoms with van der Waals surface area (Å²) in [4.78, 5) is 17.7. The number of hydrogen-bond acceptors (Lipinski definition) is 5. The largest absolute Gasteiger partial charge is 0.760 e. The molecule has 220 valence electrons. The number of unbranched alkanes of at least 4 members (excludes halogenated alkanes) is 2. The second-order valence-electron chi connectivity index (χ2n) is 10.5. The number of carbonyl (C=O) groups is 1. The standard InChI is InChI=1S/C32H42N4O4S/c1-2-3-7-20-33-32(37)36(25-27-8-5-4-6-9-27)29-18-21-35(22-19-29)24-28-12-16-31(17-13-28)40-30-14-10-26(11-15-30)23-34-41(38)39/h4-6,8-17,29,34H,2-3,7,18-25H2,1H3,(H,33,37)(H,38,39)/p-1. The minimum atomic E-state index is -2.28. The summed E-state index contributed by atoms with van der Waals surface area (Å²) in [7, 11) is 0. The maximum Gasteiger partial charge on any atom is 0.317 e. The minimum Gasteiger partial charge on any atom is -0.760 e. The lowest BCUT2D eigenvalue weighted by Gasteiger charge is -2.38. The Morgan fingerprint density at radius 2 is 1.56 bits per heavy atom. The normalized spacial score (nSPS) is 14.9. The highest BCUT2D eigenvalue weighted by molar-refractivity contribution is 7.77. The van der Waals surface area contributed by atoms with Crippen molar-refractivity contribution in [2.24, 2.45) is 0 Å². The Bertz CT molecular complexity index is 1220. The number of likely N-dealkylation sites (tertiary alicyclic amines) is 1. The Balaban J connectivity index is 1.27. The predicted molar refractivity (Wildman–Crippen MR) is 162 cm³/mol. The van der Waals surface area contributed by atoms with E-state index >= 15 is 0 Å². The van der Waals surface area contributed by atoms with Gasteiger partial charge in [-0.2, -0.15) is 0 Å². The molecule has 0 aromatic heterocycles. The summed E-state index contributed by atoms with van der Waals surface area (Å²) < 4.78 is 29.6. The van der Waals surface area contributed by atoms with E-state index in [0.717, 1.165) is 75.2 Å². The smallest absolute Gasteiger partial charge is 0.317 e. The van der Waals surface area contributed by atoms with Crippen molar-refractivity contribution in [1.29, 1.82) is 0 Å². The molecule has 4 rings (SSSR count). The summed E-state index contributed by atoms with van der Waals surface area (Å²) in [5, 5.41) is 3.16. The molecule has 1 heterocycles. The molecule has 1 aliphatic heterocycles. The SMILES string of the molecule is CCCCCNC(=O)N(Cc1ccccc1)C1CCN(Cc2ccc(Oc3ccc(CNS(=O)[O-])cc3)cc2)CC1. The van der Waals surface area contributed by atoms with Crippen LogP contribution in [0.5, 0.6) is 11.5 Å². The first kappa shape index (κ1) is 30.7. The molecule has 0 radical (unpaired) electrons. The molecule has 2 N–H and O–H groups in total. The Morgan fingerprint density at radius 3 is 2.17 bits per heavy atom. The average Bonchev–Trinajstić information content (AvgIpc) is 2.99. The van der Waals surface area contributed by atoms with E-state index in [9.17, 15) is 13.6 Å². The minimum absolute atomic E-state index is 0.0455. The van der Waals surface area contributed by atoms with Gasteiger partial charge in [-0.1, -0.05) is 74.4 Å². The van der Waals surface area contributed by atoms with Crippen molar-refractivity contribution in [3.8, 4) is 11.5 Å². The van der Waals surface area contributed by atoms with Gasteiger partial charge in [0.1, 0.15) is 11.5 Å². The first-order valence-corrected chi connectivity index (χ1v) is 15.6. The molecule has 1 atom stereocenters. The summed E-state index contributed by atoms with van der Waals surface area (Å²) in [5.74, 6) is 1.45. The van der Waals surface area contributed by atoms with Crippen LogP contribution >= 0.6 is 0 Å². The summed E-state index contributed by atoms with van der Waals surface area (Å²) in [5.41, 5.74) is 3.24. The molecule has 41 heavy (non-hydrogen) atoms. The summed E-state index contributed by atoms with van der Waals surface area (Å²) >= 11 is -2.28. The summed E-state index contributed by atoms with van der Waals surface area (Å²) in [6.07, 6.45) is 5.19. The van der Waals surface area contributed by atoms with Gasteiger partial charge in [-0.05, 0) is 60.2 Å². The third-order valence-corrected chi connectivity index (χ3v) is 7.77. The van der Waals surface area contributed by atoms with Crippen LogP contribution < -0.4 is 14.8 Å². The van der Waals surface area contributed by atoms with Crippen LogP contribution in [0.25, 0.3) is 0 Å². The zero-order valence-electron chi connectivity index (χ0n) is 23.8. The van der Waals surface area contributed by atoms with Gasteiger partial charge < -0.3 is 19.5 Å². The van der Waals surface area contributed by atoms with Gasteiger partial charge in [0.25, 0.3) is 0 Å². The van der Waals surface area contributed by atoms with Gasteiger partial charge in [-0.15, -0.1) is 0 Å². The van der Waals surface area contributed by atoms with Gasteiger partial charge in [0.05, 0.1) is 0 Å². The lowest BCUT2D eigenvalue weighted by atomic mass is 10.0. The maximum atomic E-state index is 13.2. The van der Waals surface area contributed by atoms with Crippen molar-refractivity contribution in [2.75, 3.05) is 19.6 Å². The number of benzene rings is 3. The third-order valence-electron chi connectivity index (χ3n) is 7.39. The van der Waals surface area contributed by atoms with E-state index in [0.29, 0.717) is 12.3 Å². The lowest BCUT2D eigenvalue weighted by molar-refractivity contribution is 0.113. The number of amides is 2. The van der Waals surface area contributed by atoms with Crippen molar-refractivity contribution in [2.45, 2.75) is 64.7 Å². The highest BCUT2D eigenvalue weighted by Crippen LogP contribution is 2.24. The van der Waals surface area contributed by atoms with Crippen LogP contribution in [0, 0.1) is 0 Å². The van der Waals surface area contributed by atoms with Crippen LogP contribution in [0.1, 0.15) is 55.7 Å². The fourth-order valence-electron chi connectivity index (χ4n) is 5.08. The fourth-order valence-corrected chi connectivity index (χ4v) is 5.37. The molecule has 3 aromatic carbocycles. The molecule has 3 aromatic rings. The van der Waals surface area contributed by atoms with E-state index in [1.54, 1.807) is 0 Å². The van der Waals surface area contributed by atoms with Crippen LogP contribution in [0.2, 0.25) is 0 Å². The van der Waals surface area contributed by atoms with Crippen LogP contribution in [0.15, 0.2) is 78.9 Å². The Morgan fingerprint density at radius 1 is 0.927 bits per heavy atom. The Kier molecular flexibility index (Phi) is 12.2. The molecule has 9 heteroatoms. The molecule has 1 fully saturated rings. The van der Waals surface area contributed by atoms with Gasteiger partial charge in [0.15, 0.2) is 0 Å². The monoisotopic (exact) mass is 577 g/mol. The van der Waals surface area contributed by atoms with Gasteiger partial charge in [-0.25, -0.2) is 9.52 Å². The van der Waals surface area contributed by atoms with Crippen molar-refractivity contribution in [1.82, 2.24) is 19.8 Å². The second kappa shape index (κ2) is 16.3. The number of hydrogen-bond donors (Lipinski definition) is 2. The van der Waals surface area contributed by atoms with Gasteiger partial charge in [0.2, 0.25) is 0 Å². The van der Waals surface area contributed by atoms with Gasteiger partial charge in [0, 0.05) is 56.6 Å². The van der Waals surface area contributed by atoms with Crippen molar-refractivity contribution in [3.05, 3.63) is 95.6 Å². The van der Waals surface area contributed by atoms with Gasteiger partial charge in [-0.3, -0.25) is 9.11 Å². The van der Waals surface area contributed by atoms with Crippen molar-refractivity contribution < 1.29 is 18.3 Å². The first-order valence-electron chi connectivity index (χ1n) is 14.5. The first-order chi connectivity index (χ1) is 20.0. The van der Waals surface area contributed by atoms with Crippen LogP contribution in [0.3, 0.4) is 0 Å². The van der Waals surface area contributed by atoms with E-state index in [2.05, 4.69) is 46.1 Å². The number of ether oxygens (including phenoxy) is 1. The molecule has 2 amide bonds. The number of piperidine rings is 1. The maximum absolute atomic E-state index is 13.2. The molecule has 8 nitrogen and oxygen atoms in total. The number of carbonyl (C=O) groups excluding carboxylic acids is 1. The molecule has 0 bridgehead atoms. The summed E-state index contributed by atoms with van der Waals surface area (Å²) in [6.45, 7) is 6.53. The van der Waals surface area contributed by atoms with Crippen molar-refractivity contribution in [3.63, 3.8) is 0 Å².